The molecule has 19 heavy (non-hydrogen) atoms. The maximum Gasteiger partial charge on any atom is 0.306 e. The zero-order valence-corrected chi connectivity index (χ0v) is 12.1. The SMILES string of the molecule is COC(=O)CC1(CSc2ccc(C(C)O)nc2)CC1. The Labute approximate surface area is 117 Å². The first-order valence-corrected chi connectivity index (χ1v) is 7.37. The highest BCUT2D eigenvalue weighted by Gasteiger charge is 2.44. The van der Waals surface area contributed by atoms with E-state index in [0.717, 1.165) is 23.5 Å². The summed E-state index contributed by atoms with van der Waals surface area (Å²) in [4.78, 5) is 16.6. The molecule has 0 aromatic carbocycles. The molecule has 0 amide bonds. The van der Waals surface area contributed by atoms with Crippen molar-refractivity contribution in [1.29, 1.82) is 0 Å². The summed E-state index contributed by atoms with van der Waals surface area (Å²) in [5.41, 5.74) is 0.806. The molecule has 1 aromatic heterocycles. The van der Waals surface area contributed by atoms with Crippen molar-refractivity contribution in [2.24, 2.45) is 5.41 Å². The van der Waals surface area contributed by atoms with E-state index < -0.39 is 6.10 Å². The normalized spacial score (nSPS) is 17.8. The molecule has 0 aliphatic heterocycles. The van der Waals surface area contributed by atoms with Gasteiger partial charge < -0.3 is 9.84 Å². The van der Waals surface area contributed by atoms with Crippen LogP contribution in [0.15, 0.2) is 23.2 Å². The minimum atomic E-state index is -0.534. The molecule has 1 fully saturated rings. The van der Waals surface area contributed by atoms with E-state index >= 15 is 0 Å². The van der Waals surface area contributed by atoms with Gasteiger partial charge in [-0.05, 0) is 37.3 Å². The standard InChI is InChI=1S/C14H19NO3S/c1-10(16)12-4-3-11(8-15-12)19-9-14(5-6-14)7-13(17)18-2/h3-4,8,10,16H,5-7,9H2,1-2H3. The number of aromatic nitrogens is 1. The number of hydrogen-bond acceptors (Lipinski definition) is 5. The molecule has 1 N–H and O–H groups in total. The lowest BCUT2D eigenvalue weighted by atomic mass is 10.1. The molecular weight excluding hydrogens is 262 g/mol. The number of thioether (sulfide) groups is 1. The van der Waals surface area contributed by atoms with Gasteiger partial charge in [0.25, 0.3) is 0 Å². The van der Waals surface area contributed by atoms with Gasteiger partial charge in [0.1, 0.15) is 0 Å². The van der Waals surface area contributed by atoms with Crippen LogP contribution in [0.4, 0.5) is 0 Å². The van der Waals surface area contributed by atoms with E-state index in [1.54, 1.807) is 24.9 Å². The first-order chi connectivity index (χ1) is 9.04. The van der Waals surface area contributed by atoms with Gasteiger partial charge in [-0.3, -0.25) is 9.78 Å². The van der Waals surface area contributed by atoms with Crippen LogP contribution in [0.3, 0.4) is 0 Å². The third kappa shape index (κ3) is 3.94. The highest BCUT2D eigenvalue weighted by atomic mass is 32.2. The van der Waals surface area contributed by atoms with Crippen molar-refractivity contribution in [1.82, 2.24) is 4.98 Å². The van der Waals surface area contributed by atoms with Gasteiger partial charge in [0.15, 0.2) is 0 Å². The lowest BCUT2D eigenvalue weighted by Gasteiger charge is -2.13. The van der Waals surface area contributed by atoms with E-state index in [9.17, 15) is 9.90 Å². The molecular formula is C14H19NO3S. The first-order valence-electron chi connectivity index (χ1n) is 6.38. The molecule has 4 nitrogen and oxygen atoms in total. The van der Waals surface area contributed by atoms with Crippen LogP contribution in [0, 0.1) is 5.41 Å². The zero-order chi connectivity index (χ0) is 13.9. The van der Waals surface area contributed by atoms with Crippen LogP contribution in [-0.2, 0) is 9.53 Å². The number of aliphatic hydroxyl groups excluding tert-OH is 1. The number of nitrogens with zero attached hydrogens (tertiary/aromatic N) is 1. The van der Waals surface area contributed by atoms with Crippen LogP contribution < -0.4 is 0 Å². The third-order valence-electron chi connectivity index (χ3n) is 3.44. The van der Waals surface area contributed by atoms with Crippen molar-refractivity contribution in [2.45, 2.75) is 37.2 Å². The van der Waals surface area contributed by atoms with Crippen molar-refractivity contribution in [3.8, 4) is 0 Å². The number of ether oxygens (including phenoxy) is 1. The van der Waals surface area contributed by atoms with Gasteiger partial charge in [-0.15, -0.1) is 11.8 Å². The maximum absolute atomic E-state index is 11.3. The van der Waals surface area contributed by atoms with Crippen molar-refractivity contribution < 1.29 is 14.6 Å². The summed E-state index contributed by atoms with van der Waals surface area (Å²) in [6.07, 6.45) is 3.94. The molecule has 1 atom stereocenters. The van der Waals surface area contributed by atoms with Gasteiger partial charge in [0.2, 0.25) is 0 Å². The molecule has 1 aliphatic carbocycles. The van der Waals surface area contributed by atoms with Crippen LogP contribution in [-0.4, -0.2) is 28.9 Å². The summed E-state index contributed by atoms with van der Waals surface area (Å²) < 4.78 is 4.73. The van der Waals surface area contributed by atoms with E-state index in [1.807, 2.05) is 12.1 Å². The molecule has 0 spiro atoms. The Hall–Kier alpha value is -1.07. The topological polar surface area (TPSA) is 59.4 Å². The third-order valence-corrected chi connectivity index (χ3v) is 4.77. The van der Waals surface area contributed by atoms with E-state index in [0.29, 0.717) is 12.1 Å². The molecule has 2 rings (SSSR count). The van der Waals surface area contributed by atoms with Gasteiger partial charge >= 0.3 is 5.97 Å². The van der Waals surface area contributed by atoms with Gasteiger partial charge in [-0.2, -0.15) is 0 Å². The fraction of sp³-hybridized carbons (Fsp3) is 0.571. The monoisotopic (exact) mass is 281 g/mol. The van der Waals surface area contributed by atoms with E-state index in [1.165, 1.54) is 7.11 Å². The lowest BCUT2D eigenvalue weighted by molar-refractivity contribution is -0.141. The van der Waals surface area contributed by atoms with Crippen LogP contribution in [0.25, 0.3) is 0 Å². The number of carbonyl (C=O) groups is 1. The minimum Gasteiger partial charge on any atom is -0.469 e. The summed E-state index contributed by atoms with van der Waals surface area (Å²) in [6.45, 7) is 1.70. The molecule has 1 aromatic rings. The highest BCUT2D eigenvalue weighted by Crippen LogP contribution is 2.52. The molecule has 1 unspecified atom stereocenters. The average Bonchev–Trinajstić information content (AvgIpc) is 3.17. The Balaban J connectivity index is 1.87. The Morgan fingerprint density at radius 3 is 2.79 bits per heavy atom. The Bertz CT molecular complexity index is 441. The Kier molecular flexibility index (Phi) is 4.47. The highest BCUT2D eigenvalue weighted by molar-refractivity contribution is 7.99. The fourth-order valence-electron chi connectivity index (χ4n) is 1.89. The smallest absolute Gasteiger partial charge is 0.306 e. The summed E-state index contributed by atoms with van der Waals surface area (Å²) in [5.74, 6) is 0.790. The molecule has 1 aliphatic rings. The molecule has 5 heteroatoms. The van der Waals surface area contributed by atoms with E-state index in [4.69, 9.17) is 4.74 Å². The van der Waals surface area contributed by atoms with Crippen LogP contribution >= 0.6 is 11.8 Å². The molecule has 104 valence electrons. The van der Waals surface area contributed by atoms with Gasteiger partial charge in [-0.1, -0.05) is 0 Å². The number of pyridine rings is 1. The van der Waals surface area contributed by atoms with Crippen LogP contribution in [0.2, 0.25) is 0 Å². The largest absolute Gasteiger partial charge is 0.469 e. The molecule has 0 saturated heterocycles. The predicted octanol–water partition coefficient (Wildman–Crippen LogP) is 2.57. The molecule has 1 saturated carbocycles. The summed E-state index contributed by atoms with van der Waals surface area (Å²) in [7, 11) is 1.43. The predicted molar refractivity (Wildman–Crippen MR) is 73.9 cm³/mol. The number of methoxy groups -OCH3 is 1. The van der Waals surface area contributed by atoms with E-state index in [-0.39, 0.29) is 11.4 Å². The summed E-state index contributed by atoms with van der Waals surface area (Å²) in [5, 5.41) is 9.39. The van der Waals surface area contributed by atoms with Crippen molar-refractivity contribution >= 4 is 17.7 Å². The fourth-order valence-corrected chi connectivity index (χ4v) is 3.04. The lowest BCUT2D eigenvalue weighted by Crippen LogP contribution is -2.13. The second-order valence-corrected chi connectivity index (χ2v) is 6.19. The first kappa shape index (κ1) is 14.3. The van der Waals surface area contributed by atoms with Crippen molar-refractivity contribution in [3.63, 3.8) is 0 Å². The van der Waals surface area contributed by atoms with E-state index in [2.05, 4.69) is 4.98 Å². The van der Waals surface area contributed by atoms with Gasteiger partial charge in [0, 0.05) is 16.8 Å². The summed E-state index contributed by atoms with van der Waals surface area (Å²) in [6, 6.07) is 3.81. The zero-order valence-electron chi connectivity index (χ0n) is 11.3. The van der Waals surface area contributed by atoms with Crippen LogP contribution in [0.5, 0.6) is 0 Å². The quantitative estimate of drug-likeness (QED) is 0.641. The van der Waals surface area contributed by atoms with Crippen molar-refractivity contribution in [2.75, 3.05) is 12.9 Å². The summed E-state index contributed by atoms with van der Waals surface area (Å²) >= 11 is 1.71. The molecule has 1 heterocycles. The maximum atomic E-state index is 11.3. The van der Waals surface area contributed by atoms with Gasteiger partial charge in [0.05, 0.1) is 25.3 Å². The molecule has 0 bridgehead atoms. The number of hydrogen-bond donors (Lipinski definition) is 1. The second-order valence-electron chi connectivity index (χ2n) is 5.14. The van der Waals surface area contributed by atoms with Crippen molar-refractivity contribution in [3.05, 3.63) is 24.0 Å². The minimum absolute atomic E-state index is 0.124. The second kappa shape index (κ2) is 5.92. The number of aliphatic hydroxyl groups is 1. The average molecular weight is 281 g/mol. The number of carbonyl (C=O) groups excluding carboxylic acids is 1. The van der Waals surface area contributed by atoms with Gasteiger partial charge in [-0.25, -0.2) is 0 Å². The van der Waals surface area contributed by atoms with Crippen LogP contribution in [0.1, 0.15) is 38.0 Å². The number of rotatable bonds is 6. The number of esters is 1. The Morgan fingerprint density at radius 1 is 1.58 bits per heavy atom. The Morgan fingerprint density at radius 2 is 2.32 bits per heavy atom. The molecule has 0 radical (unpaired) electrons.